The predicted molar refractivity (Wildman–Crippen MR) is 117 cm³/mol. The molecule has 1 unspecified atom stereocenters. The van der Waals surface area contributed by atoms with E-state index in [1.54, 1.807) is 55.5 Å². The first-order valence-corrected chi connectivity index (χ1v) is 10.4. The number of amides is 2. The van der Waals surface area contributed by atoms with Crippen LogP contribution in [-0.2, 0) is 5.60 Å². The quantitative estimate of drug-likeness (QED) is 0.512. The maximum Gasteiger partial charge on any atom is 0.261 e. The SMILES string of the molecule is CC(O)(CCN1C(=O)c2ccccc2C1=O)c1ccc(Oc2ccccc2Br)cc1. The molecule has 152 valence electrons. The summed E-state index contributed by atoms with van der Waals surface area (Å²) in [5, 5.41) is 11.0. The Bertz CT molecular complexity index is 1070. The second kappa shape index (κ2) is 8.05. The van der Waals surface area contributed by atoms with Gasteiger partial charge in [-0.15, -0.1) is 0 Å². The summed E-state index contributed by atoms with van der Waals surface area (Å²) in [6, 6.07) is 21.5. The van der Waals surface area contributed by atoms with Gasteiger partial charge in [0.1, 0.15) is 11.5 Å². The van der Waals surface area contributed by atoms with Crippen molar-refractivity contribution in [2.75, 3.05) is 6.54 Å². The number of halogens is 1. The smallest absolute Gasteiger partial charge is 0.261 e. The summed E-state index contributed by atoms with van der Waals surface area (Å²) in [6.07, 6.45) is 0.225. The number of benzene rings is 3. The number of carbonyl (C=O) groups is 2. The van der Waals surface area contributed by atoms with Crippen molar-refractivity contribution in [1.29, 1.82) is 0 Å². The summed E-state index contributed by atoms with van der Waals surface area (Å²) < 4.78 is 6.71. The standard InChI is InChI=1S/C24H20BrNO4/c1-24(29,14-15-26-22(27)18-6-2-3-7-19(18)23(26)28)16-10-12-17(13-11-16)30-21-9-5-4-8-20(21)25/h2-13,29H,14-15H2,1H3. The summed E-state index contributed by atoms with van der Waals surface area (Å²) in [4.78, 5) is 26.2. The van der Waals surface area contributed by atoms with E-state index in [0.29, 0.717) is 28.2 Å². The summed E-state index contributed by atoms with van der Waals surface area (Å²) in [5.74, 6) is 0.705. The average molecular weight is 466 g/mol. The molecule has 1 aliphatic heterocycles. The molecular weight excluding hydrogens is 446 g/mol. The van der Waals surface area contributed by atoms with Crippen LogP contribution in [0.4, 0.5) is 0 Å². The van der Waals surface area contributed by atoms with Gasteiger partial charge in [-0.2, -0.15) is 0 Å². The van der Waals surface area contributed by atoms with Gasteiger partial charge in [-0.25, -0.2) is 0 Å². The number of hydrogen-bond donors (Lipinski definition) is 1. The van der Waals surface area contributed by atoms with E-state index in [1.165, 1.54) is 4.90 Å². The molecule has 1 N–H and O–H groups in total. The van der Waals surface area contributed by atoms with Gasteiger partial charge in [0.25, 0.3) is 11.8 Å². The van der Waals surface area contributed by atoms with E-state index in [2.05, 4.69) is 15.9 Å². The van der Waals surface area contributed by atoms with Crippen LogP contribution in [0.15, 0.2) is 77.3 Å². The van der Waals surface area contributed by atoms with Crippen LogP contribution in [0.3, 0.4) is 0 Å². The van der Waals surface area contributed by atoms with Crippen LogP contribution in [0.2, 0.25) is 0 Å². The first kappa shape index (κ1) is 20.3. The van der Waals surface area contributed by atoms with Crippen molar-refractivity contribution >= 4 is 27.7 Å². The van der Waals surface area contributed by atoms with Gasteiger partial charge in [-0.3, -0.25) is 14.5 Å². The number of aliphatic hydroxyl groups is 1. The first-order valence-electron chi connectivity index (χ1n) is 9.57. The number of imide groups is 1. The molecule has 0 radical (unpaired) electrons. The minimum absolute atomic E-state index is 0.133. The van der Waals surface area contributed by atoms with E-state index in [0.717, 1.165) is 4.47 Å². The van der Waals surface area contributed by atoms with Crippen LogP contribution < -0.4 is 4.74 Å². The third kappa shape index (κ3) is 3.88. The van der Waals surface area contributed by atoms with Gasteiger partial charge in [0.05, 0.1) is 21.2 Å². The number of nitrogens with zero attached hydrogens (tertiary/aromatic N) is 1. The normalized spacial score (nSPS) is 15.1. The van der Waals surface area contributed by atoms with Gasteiger partial charge in [-0.1, -0.05) is 36.4 Å². The number of hydrogen-bond acceptors (Lipinski definition) is 4. The Labute approximate surface area is 183 Å². The number of para-hydroxylation sites is 1. The number of fused-ring (bicyclic) bond motifs is 1. The Morgan fingerprint density at radius 3 is 2.07 bits per heavy atom. The fourth-order valence-corrected chi connectivity index (χ4v) is 3.82. The van der Waals surface area contributed by atoms with Crippen molar-refractivity contribution in [2.24, 2.45) is 0 Å². The summed E-state index contributed by atoms with van der Waals surface area (Å²) in [5.41, 5.74) is 0.298. The Morgan fingerprint density at radius 2 is 1.47 bits per heavy atom. The van der Waals surface area contributed by atoms with Crippen molar-refractivity contribution in [1.82, 2.24) is 4.90 Å². The Balaban J connectivity index is 1.43. The fraction of sp³-hybridized carbons (Fsp3) is 0.167. The lowest BCUT2D eigenvalue weighted by Gasteiger charge is -2.26. The molecule has 3 aromatic carbocycles. The molecule has 0 aliphatic carbocycles. The third-order valence-corrected chi connectivity index (χ3v) is 5.90. The predicted octanol–water partition coefficient (Wildman–Crippen LogP) is 5.14. The monoisotopic (exact) mass is 465 g/mol. The number of carbonyl (C=O) groups excluding carboxylic acids is 2. The second-order valence-electron chi connectivity index (χ2n) is 7.39. The van der Waals surface area contributed by atoms with Crippen LogP contribution in [0, 0.1) is 0 Å². The molecule has 30 heavy (non-hydrogen) atoms. The van der Waals surface area contributed by atoms with Crippen LogP contribution in [-0.4, -0.2) is 28.4 Å². The maximum absolute atomic E-state index is 12.5. The first-order chi connectivity index (χ1) is 14.4. The molecule has 3 aromatic rings. The van der Waals surface area contributed by atoms with Crippen LogP contribution in [0.5, 0.6) is 11.5 Å². The van der Waals surface area contributed by atoms with Gasteiger partial charge < -0.3 is 9.84 Å². The van der Waals surface area contributed by atoms with E-state index >= 15 is 0 Å². The Hall–Kier alpha value is -2.96. The molecule has 1 atom stereocenters. The molecule has 0 bridgehead atoms. The second-order valence-corrected chi connectivity index (χ2v) is 8.24. The van der Waals surface area contributed by atoms with E-state index in [1.807, 2.05) is 24.3 Å². The molecule has 0 saturated heterocycles. The molecule has 1 heterocycles. The molecule has 1 aliphatic rings. The lowest BCUT2D eigenvalue weighted by atomic mass is 9.92. The maximum atomic E-state index is 12.5. The minimum atomic E-state index is -1.21. The molecule has 4 rings (SSSR count). The highest BCUT2D eigenvalue weighted by Gasteiger charge is 2.36. The zero-order valence-electron chi connectivity index (χ0n) is 16.3. The summed E-state index contributed by atoms with van der Waals surface area (Å²) in [7, 11) is 0. The fourth-order valence-electron chi connectivity index (χ4n) is 3.45. The Kier molecular flexibility index (Phi) is 5.45. The minimum Gasteiger partial charge on any atom is -0.456 e. The van der Waals surface area contributed by atoms with E-state index in [9.17, 15) is 14.7 Å². The number of ether oxygens (including phenoxy) is 1. The molecule has 0 fully saturated rings. The van der Waals surface area contributed by atoms with Crippen molar-refractivity contribution in [3.8, 4) is 11.5 Å². The molecule has 0 aromatic heterocycles. The lowest BCUT2D eigenvalue weighted by Crippen LogP contribution is -2.35. The van der Waals surface area contributed by atoms with E-state index in [4.69, 9.17) is 4.74 Å². The van der Waals surface area contributed by atoms with Gasteiger partial charge >= 0.3 is 0 Å². The van der Waals surface area contributed by atoms with Gasteiger partial charge in [0.15, 0.2) is 0 Å². The zero-order chi connectivity index (χ0) is 21.3. The van der Waals surface area contributed by atoms with Crippen LogP contribution in [0.1, 0.15) is 39.6 Å². The van der Waals surface area contributed by atoms with Crippen molar-refractivity contribution in [3.05, 3.63) is 94.0 Å². The van der Waals surface area contributed by atoms with Gasteiger partial charge in [0, 0.05) is 6.54 Å². The summed E-state index contributed by atoms with van der Waals surface area (Å²) >= 11 is 3.45. The number of rotatable bonds is 6. The molecule has 2 amide bonds. The van der Waals surface area contributed by atoms with Gasteiger partial charge in [0.2, 0.25) is 0 Å². The Morgan fingerprint density at radius 1 is 0.900 bits per heavy atom. The van der Waals surface area contributed by atoms with Crippen LogP contribution in [0.25, 0.3) is 0 Å². The van der Waals surface area contributed by atoms with Crippen molar-refractivity contribution < 1.29 is 19.4 Å². The molecule has 5 nitrogen and oxygen atoms in total. The van der Waals surface area contributed by atoms with Crippen molar-refractivity contribution in [3.63, 3.8) is 0 Å². The van der Waals surface area contributed by atoms with E-state index < -0.39 is 5.60 Å². The van der Waals surface area contributed by atoms with E-state index in [-0.39, 0.29) is 24.8 Å². The highest BCUT2D eigenvalue weighted by atomic mass is 79.9. The molecule has 0 spiro atoms. The topological polar surface area (TPSA) is 66.8 Å². The molecule has 0 saturated carbocycles. The molecular formula is C24H20BrNO4. The average Bonchev–Trinajstić information content (AvgIpc) is 2.99. The largest absolute Gasteiger partial charge is 0.456 e. The third-order valence-electron chi connectivity index (χ3n) is 5.24. The highest BCUT2D eigenvalue weighted by molar-refractivity contribution is 9.10. The molecule has 6 heteroatoms. The summed E-state index contributed by atoms with van der Waals surface area (Å²) in [6.45, 7) is 1.81. The highest BCUT2D eigenvalue weighted by Crippen LogP contribution is 2.32. The lowest BCUT2D eigenvalue weighted by molar-refractivity contribution is 0.0339. The van der Waals surface area contributed by atoms with Crippen molar-refractivity contribution in [2.45, 2.75) is 18.9 Å². The van der Waals surface area contributed by atoms with Gasteiger partial charge in [-0.05, 0) is 71.2 Å². The van der Waals surface area contributed by atoms with Crippen LogP contribution >= 0.6 is 15.9 Å². The zero-order valence-corrected chi connectivity index (χ0v) is 17.9.